The number of rotatable bonds is 4. The molecule has 0 unspecified atom stereocenters. The summed E-state index contributed by atoms with van der Waals surface area (Å²) >= 11 is 0. The van der Waals surface area contributed by atoms with Gasteiger partial charge in [-0.1, -0.05) is 52.0 Å². The van der Waals surface area contributed by atoms with E-state index in [4.69, 9.17) is 9.97 Å². The number of hydrogen-bond acceptors (Lipinski definition) is 5. The number of anilines is 3. The zero-order chi connectivity index (χ0) is 24.5. The van der Waals surface area contributed by atoms with Crippen molar-refractivity contribution in [1.29, 1.82) is 0 Å². The fourth-order valence-corrected chi connectivity index (χ4v) is 3.40. The Bertz CT molecular complexity index is 1390. The number of carbonyl (C=O) groups is 1. The van der Waals surface area contributed by atoms with Gasteiger partial charge in [0.05, 0.1) is 17.2 Å². The molecule has 0 saturated carbocycles. The van der Waals surface area contributed by atoms with Crippen LogP contribution in [0.25, 0.3) is 33.2 Å². The molecule has 0 atom stereocenters. The van der Waals surface area contributed by atoms with E-state index in [1.807, 2.05) is 94.4 Å². The average Bonchev–Trinajstić information content (AvgIpc) is 3.34. The smallest absolute Gasteiger partial charge is 0.221 e. The zero-order valence-corrected chi connectivity index (χ0v) is 20.2. The molecule has 7 heteroatoms. The van der Waals surface area contributed by atoms with Gasteiger partial charge in [0.15, 0.2) is 5.82 Å². The number of carbonyl (C=O) groups excluding carboxylic acids is 1. The Morgan fingerprint density at radius 2 is 1.65 bits per heavy atom. The van der Waals surface area contributed by atoms with Crippen molar-refractivity contribution in [2.24, 2.45) is 0 Å². The Labute approximate surface area is 199 Å². The first-order valence-electron chi connectivity index (χ1n) is 11.5. The third-order valence-electron chi connectivity index (χ3n) is 4.75. The van der Waals surface area contributed by atoms with Gasteiger partial charge in [-0.2, -0.15) is 5.10 Å². The molecule has 3 aromatic carbocycles. The number of nitrogens with one attached hydrogen (secondary N) is 3. The van der Waals surface area contributed by atoms with Crippen molar-refractivity contribution < 1.29 is 4.79 Å². The highest BCUT2D eigenvalue weighted by Gasteiger charge is 2.11. The number of amides is 1. The maximum atomic E-state index is 11.4. The van der Waals surface area contributed by atoms with E-state index in [0.29, 0.717) is 17.3 Å². The van der Waals surface area contributed by atoms with Crippen molar-refractivity contribution in [2.45, 2.75) is 34.6 Å². The fourth-order valence-electron chi connectivity index (χ4n) is 3.40. The van der Waals surface area contributed by atoms with Gasteiger partial charge < -0.3 is 10.6 Å². The molecule has 0 saturated heterocycles. The molecule has 7 nitrogen and oxygen atoms in total. The zero-order valence-electron chi connectivity index (χ0n) is 20.2. The molecule has 0 radical (unpaired) electrons. The molecule has 0 bridgehead atoms. The summed E-state index contributed by atoms with van der Waals surface area (Å²) in [7, 11) is 0. The lowest BCUT2D eigenvalue weighted by molar-refractivity contribution is -0.114. The van der Waals surface area contributed by atoms with E-state index in [9.17, 15) is 4.79 Å². The van der Waals surface area contributed by atoms with Gasteiger partial charge in [-0.15, -0.1) is 0 Å². The van der Waals surface area contributed by atoms with E-state index >= 15 is 0 Å². The van der Waals surface area contributed by atoms with E-state index in [-0.39, 0.29) is 5.91 Å². The molecule has 0 aliphatic heterocycles. The summed E-state index contributed by atoms with van der Waals surface area (Å²) in [6.07, 6.45) is 1.79. The van der Waals surface area contributed by atoms with Gasteiger partial charge in [0, 0.05) is 34.6 Å². The molecule has 0 aliphatic carbocycles. The number of fused-ring (bicyclic) bond motifs is 2. The highest BCUT2D eigenvalue weighted by atomic mass is 16.1. The molecular formula is C27H30N6O. The molecule has 0 aliphatic rings. The second-order valence-electron chi connectivity index (χ2n) is 6.97. The third-order valence-corrected chi connectivity index (χ3v) is 4.75. The molecule has 34 heavy (non-hydrogen) atoms. The molecule has 0 spiro atoms. The Hall–Kier alpha value is -4.26. The largest absolute Gasteiger partial charge is 0.340 e. The highest BCUT2D eigenvalue weighted by Crippen LogP contribution is 2.29. The van der Waals surface area contributed by atoms with Gasteiger partial charge in [0.25, 0.3) is 0 Å². The summed E-state index contributed by atoms with van der Waals surface area (Å²) in [5.74, 6) is 1.17. The van der Waals surface area contributed by atoms with Crippen molar-refractivity contribution in [1.82, 2.24) is 20.2 Å². The minimum absolute atomic E-state index is 0.122. The standard InChI is InChI=1S/C23H18N6O.2C2H6/c1-14(30)25-17-6-4-5-15(11-17)22-27-21-8-3-2-7-19(21)23(28-22)26-18-9-10-20-16(12-18)13-24-29-20;2*1-2/h2-13H,1H3,(H,24,29)(H,25,30)(H,26,27,28);2*1-2H3. The molecule has 5 rings (SSSR count). The fraction of sp³-hybridized carbons (Fsp3) is 0.185. The van der Waals surface area contributed by atoms with Crippen LogP contribution in [0.15, 0.2) is 72.9 Å². The molecule has 5 aromatic rings. The summed E-state index contributed by atoms with van der Waals surface area (Å²) in [6, 6.07) is 21.4. The minimum Gasteiger partial charge on any atom is -0.340 e. The number of H-pyrrole nitrogens is 1. The first kappa shape index (κ1) is 24.4. The number of nitrogens with zero attached hydrogens (tertiary/aromatic N) is 3. The molecule has 0 fully saturated rings. The van der Waals surface area contributed by atoms with Crippen LogP contribution in [0.1, 0.15) is 34.6 Å². The lowest BCUT2D eigenvalue weighted by Crippen LogP contribution is -2.05. The predicted octanol–water partition coefficient (Wildman–Crippen LogP) is 6.93. The molecular weight excluding hydrogens is 424 g/mol. The molecule has 1 amide bonds. The SMILES string of the molecule is CC.CC.CC(=O)Nc1cccc(-c2nc(Nc3ccc4[nH]ncc4c3)c3ccccc3n2)c1. The topological polar surface area (TPSA) is 95.6 Å². The van der Waals surface area contributed by atoms with Crippen LogP contribution in [-0.2, 0) is 4.79 Å². The Morgan fingerprint density at radius 3 is 2.44 bits per heavy atom. The van der Waals surface area contributed by atoms with E-state index in [1.54, 1.807) is 6.20 Å². The van der Waals surface area contributed by atoms with Crippen molar-refractivity contribution in [3.05, 3.63) is 72.9 Å². The summed E-state index contributed by atoms with van der Waals surface area (Å²) in [5, 5.41) is 15.2. The summed E-state index contributed by atoms with van der Waals surface area (Å²) in [5.41, 5.74) is 4.24. The normalized spacial score (nSPS) is 10.0. The van der Waals surface area contributed by atoms with Crippen molar-refractivity contribution in [3.63, 3.8) is 0 Å². The van der Waals surface area contributed by atoms with Crippen LogP contribution in [0.3, 0.4) is 0 Å². The minimum atomic E-state index is -0.122. The van der Waals surface area contributed by atoms with Gasteiger partial charge in [-0.25, -0.2) is 9.97 Å². The summed E-state index contributed by atoms with van der Waals surface area (Å²) in [4.78, 5) is 20.9. The van der Waals surface area contributed by atoms with Crippen LogP contribution in [0.4, 0.5) is 17.2 Å². The van der Waals surface area contributed by atoms with Gasteiger partial charge >= 0.3 is 0 Å². The number of para-hydroxylation sites is 1. The number of aromatic amines is 1. The lowest BCUT2D eigenvalue weighted by atomic mass is 10.1. The molecule has 3 N–H and O–H groups in total. The van der Waals surface area contributed by atoms with E-state index in [2.05, 4.69) is 20.8 Å². The lowest BCUT2D eigenvalue weighted by Gasteiger charge is -2.12. The average molecular weight is 455 g/mol. The predicted molar refractivity (Wildman–Crippen MR) is 141 cm³/mol. The number of hydrogen-bond donors (Lipinski definition) is 3. The Morgan fingerprint density at radius 1 is 0.853 bits per heavy atom. The second-order valence-corrected chi connectivity index (χ2v) is 6.97. The molecule has 2 heterocycles. The van der Waals surface area contributed by atoms with Gasteiger partial charge in [0.2, 0.25) is 5.91 Å². The Kier molecular flexibility index (Phi) is 8.29. The maximum absolute atomic E-state index is 11.4. The van der Waals surface area contributed by atoms with Crippen molar-refractivity contribution in [3.8, 4) is 11.4 Å². The first-order chi connectivity index (χ1) is 16.7. The number of benzene rings is 3. The van der Waals surface area contributed by atoms with Crippen molar-refractivity contribution in [2.75, 3.05) is 10.6 Å². The van der Waals surface area contributed by atoms with Crippen molar-refractivity contribution >= 4 is 44.9 Å². The highest BCUT2D eigenvalue weighted by molar-refractivity contribution is 5.94. The van der Waals surface area contributed by atoms with Gasteiger partial charge in [0.1, 0.15) is 5.82 Å². The monoisotopic (exact) mass is 454 g/mol. The van der Waals surface area contributed by atoms with Crippen LogP contribution in [-0.4, -0.2) is 26.1 Å². The van der Waals surface area contributed by atoms with Gasteiger partial charge in [-0.05, 0) is 42.5 Å². The van der Waals surface area contributed by atoms with Crippen LogP contribution in [0, 0.1) is 0 Å². The number of aromatic nitrogens is 4. The van der Waals surface area contributed by atoms with Crippen LogP contribution in [0.2, 0.25) is 0 Å². The third kappa shape index (κ3) is 5.56. The molecule has 2 aromatic heterocycles. The Balaban J connectivity index is 0.000000771. The van der Waals surface area contributed by atoms with E-state index in [0.717, 1.165) is 33.1 Å². The summed E-state index contributed by atoms with van der Waals surface area (Å²) < 4.78 is 0. The quantitative estimate of drug-likeness (QED) is 0.274. The van der Waals surface area contributed by atoms with E-state index < -0.39 is 0 Å². The maximum Gasteiger partial charge on any atom is 0.221 e. The van der Waals surface area contributed by atoms with Crippen LogP contribution >= 0.6 is 0 Å². The first-order valence-corrected chi connectivity index (χ1v) is 11.5. The summed E-state index contributed by atoms with van der Waals surface area (Å²) in [6.45, 7) is 9.48. The molecule has 174 valence electrons. The van der Waals surface area contributed by atoms with Crippen LogP contribution < -0.4 is 10.6 Å². The second kappa shape index (κ2) is 11.6. The van der Waals surface area contributed by atoms with E-state index in [1.165, 1.54) is 6.92 Å². The van der Waals surface area contributed by atoms with Gasteiger partial charge in [-0.3, -0.25) is 9.89 Å². The van der Waals surface area contributed by atoms with Crippen LogP contribution in [0.5, 0.6) is 0 Å².